The van der Waals surface area contributed by atoms with Crippen LogP contribution in [0.2, 0.25) is 0 Å². The van der Waals surface area contributed by atoms with Crippen LogP contribution in [-0.2, 0) is 33.1 Å². The van der Waals surface area contributed by atoms with E-state index in [2.05, 4.69) is 6.58 Å². The van der Waals surface area contributed by atoms with Crippen LogP contribution in [0, 0.1) is 20.4 Å². The van der Waals surface area contributed by atoms with Gasteiger partial charge in [-0.05, 0) is 56.0 Å². The topological polar surface area (TPSA) is 129 Å². The number of nitrogens with zero attached hydrogens (tertiary/aromatic N) is 4. The van der Waals surface area contributed by atoms with Gasteiger partial charge in [-0.3, -0.25) is 21.2 Å². The quantitative estimate of drug-likeness (QED) is 0.215. The molecule has 8 nitrogen and oxygen atoms in total. The van der Waals surface area contributed by atoms with Crippen molar-refractivity contribution in [2.24, 2.45) is 0 Å². The van der Waals surface area contributed by atoms with Crippen LogP contribution in [0.4, 0.5) is 0 Å². The van der Waals surface area contributed by atoms with Gasteiger partial charge in [0.15, 0.2) is 0 Å². The number of allylic oxidation sites excluding steroid dienone is 5. The largest absolute Gasteiger partial charge is 2.00 e. The first-order chi connectivity index (χ1) is 20.0. The van der Waals surface area contributed by atoms with Crippen LogP contribution >= 0.6 is 0 Å². The van der Waals surface area contributed by atoms with E-state index in [1.165, 1.54) is 0 Å². The molecule has 5 rings (SSSR count). The fourth-order valence-corrected chi connectivity index (χ4v) is 5.57. The SMILES string of the molecule is [CH-]=CC1=C(C)c2cc3[n-]c(cc4nc(cc5[n-]c(cc1n2)c(C)c5C=C)C(C)=C4CCC(=O)O)c(CCC(=O)O)c3C.[Fe+2]. The van der Waals surface area contributed by atoms with Crippen molar-refractivity contribution in [3.8, 4) is 0 Å². The smallest absolute Gasteiger partial charge is 0.657 e. The van der Waals surface area contributed by atoms with Gasteiger partial charge < -0.3 is 20.2 Å². The van der Waals surface area contributed by atoms with Crippen molar-refractivity contribution in [2.45, 2.75) is 53.4 Å². The Morgan fingerprint density at radius 2 is 1.33 bits per heavy atom. The number of aromatic nitrogens is 4. The third kappa shape index (κ3) is 5.91. The molecule has 9 heteroatoms. The first-order valence-electron chi connectivity index (χ1n) is 13.7. The molecule has 2 N–H and O–H groups in total. The van der Waals surface area contributed by atoms with Crippen LogP contribution in [0.1, 0.15) is 78.1 Å². The maximum absolute atomic E-state index is 11.5. The van der Waals surface area contributed by atoms with E-state index >= 15 is 0 Å². The van der Waals surface area contributed by atoms with E-state index in [0.717, 1.165) is 50.1 Å². The van der Waals surface area contributed by atoms with E-state index in [1.54, 1.807) is 12.2 Å². The second-order valence-electron chi connectivity index (χ2n) is 10.5. The Morgan fingerprint density at radius 1 is 0.791 bits per heavy atom. The maximum Gasteiger partial charge on any atom is 2.00 e. The van der Waals surface area contributed by atoms with Crippen LogP contribution in [0.15, 0.2) is 36.9 Å². The fourth-order valence-electron chi connectivity index (χ4n) is 5.57. The minimum atomic E-state index is -0.904. The van der Waals surface area contributed by atoms with Gasteiger partial charge in [-0.1, -0.05) is 66.1 Å². The molecule has 2 aliphatic heterocycles. The summed E-state index contributed by atoms with van der Waals surface area (Å²) in [5, 5.41) is 18.9. The summed E-state index contributed by atoms with van der Waals surface area (Å²) in [5.74, 6) is -1.81. The van der Waals surface area contributed by atoms with Crippen LogP contribution < -0.4 is 9.97 Å². The van der Waals surface area contributed by atoms with Gasteiger partial charge in [0, 0.05) is 18.5 Å². The van der Waals surface area contributed by atoms with Crippen molar-refractivity contribution >= 4 is 62.4 Å². The summed E-state index contributed by atoms with van der Waals surface area (Å²) >= 11 is 0. The Kier molecular flexibility index (Phi) is 9.09. The third-order valence-electron chi connectivity index (χ3n) is 8.03. The summed E-state index contributed by atoms with van der Waals surface area (Å²) in [5.41, 5.74) is 12.2. The van der Waals surface area contributed by atoms with E-state index in [-0.39, 0.29) is 42.8 Å². The van der Waals surface area contributed by atoms with Crippen LogP contribution in [0.25, 0.3) is 50.4 Å². The molecule has 0 fully saturated rings. The predicted octanol–water partition coefficient (Wildman–Crippen LogP) is 6.56. The van der Waals surface area contributed by atoms with Crippen molar-refractivity contribution in [3.05, 3.63) is 88.5 Å². The molecule has 5 heterocycles. The Hall–Kier alpha value is -4.46. The molecule has 0 atom stereocenters. The number of rotatable bonds is 8. The Morgan fingerprint density at radius 3 is 1.98 bits per heavy atom. The van der Waals surface area contributed by atoms with Crippen LogP contribution in [-0.4, -0.2) is 32.1 Å². The number of aliphatic carboxylic acids is 2. The Bertz CT molecular complexity index is 1920. The van der Waals surface area contributed by atoms with Gasteiger partial charge in [0.2, 0.25) is 0 Å². The summed E-state index contributed by atoms with van der Waals surface area (Å²) < 4.78 is 0. The summed E-state index contributed by atoms with van der Waals surface area (Å²) in [6.07, 6.45) is 3.77. The molecule has 0 saturated carbocycles. The van der Waals surface area contributed by atoms with Crippen LogP contribution in [0.3, 0.4) is 0 Å². The second-order valence-corrected chi connectivity index (χ2v) is 10.5. The number of fused-ring (bicyclic) bond motifs is 8. The van der Waals surface area contributed by atoms with Crippen molar-refractivity contribution in [1.29, 1.82) is 0 Å². The molecule has 0 radical (unpaired) electrons. The molecular weight excluding hydrogens is 584 g/mol. The normalized spacial score (nSPS) is 12.7. The zero-order valence-corrected chi connectivity index (χ0v) is 25.5. The molecule has 0 aliphatic carbocycles. The zero-order chi connectivity index (χ0) is 30.3. The molecule has 8 bridgehead atoms. The maximum atomic E-state index is 11.5. The molecular formula is C34H31FeN4O4-. The number of carboxylic acids is 2. The summed E-state index contributed by atoms with van der Waals surface area (Å²) in [7, 11) is 0. The first kappa shape index (κ1) is 31.5. The molecule has 0 aromatic carbocycles. The van der Waals surface area contributed by atoms with Crippen molar-refractivity contribution in [2.75, 3.05) is 0 Å². The van der Waals surface area contributed by atoms with E-state index < -0.39 is 11.9 Å². The zero-order valence-electron chi connectivity index (χ0n) is 24.4. The number of aryl methyl sites for hydroxylation is 3. The number of carboxylic acid groups (broad SMARTS) is 2. The minimum absolute atomic E-state index is 0. The fraction of sp³-hybridized carbons (Fsp3) is 0.235. The summed E-state index contributed by atoms with van der Waals surface area (Å²) in [6, 6.07) is 7.53. The van der Waals surface area contributed by atoms with Crippen molar-refractivity contribution in [3.63, 3.8) is 0 Å². The molecule has 3 aromatic rings. The van der Waals surface area contributed by atoms with Gasteiger partial charge in [-0.25, -0.2) is 11.1 Å². The summed E-state index contributed by atoms with van der Waals surface area (Å²) in [6.45, 7) is 17.8. The van der Waals surface area contributed by atoms with Crippen molar-refractivity contribution < 1.29 is 36.9 Å². The van der Waals surface area contributed by atoms with Crippen LogP contribution in [0.5, 0.6) is 0 Å². The number of carbonyl (C=O) groups is 2. The average Bonchev–Trinajstić information content (AvgIpc) is 3.59. The van der Waals surface area contributed by atoms with E-state index in [4.69, 9.17) is 26.5 Å². The molecule has 0 unspecified atom stereocenters. The average molecular weight is 615 g/mol. The third-order valence-corrected chi connectivity index (χ3v) is 8.03. The summed E-state index contributed by atoms with van der Waals surface area (Å²) in [4.78, 5) is 42.6. The van der Waals surface area contributed by atoms with E-state index in [9.17, 15) is 19.8 Å². The molecule has 0 amide bonds. The molecule has 0 spiro atoms. The van der Waals surface area contributed by atoms with Gasteiger partial charge in [-0.15, -0.1) is 27.6 Å². The Balaban J connectivity index is 0.00000423. The molecule has 2 aliphatic rings. The van der Waals surface area contributed by atoms with E-state index in [1.807, 2.05) is 52.0 Å². The molecule has 0 saturated heterocycles. The number of hydrogen-bond donors (Lipinski definition) is 2. The van der Waals surface area contributed by atoms with Gasteiger partial charge in [-0.2, -0.15) is 0 Å². The monoisotopic (exact) mass is 615 g/mol. The molecule has 3 aromatic heterocycles. The molecule has 220 valence electrons. The van der Waals surface area contributed by atoms with Gasteiger partial charge in [0.1, 0.15) is 0 Å². The predicted molar refractivity (Wildman–Crippen MR) is 165 cm³/mol. The minimum Gasteiger partial charge on any atom is -0.657 e. The standard InChI is InChI=1S/C34H33N4O4.Fe/c1-7-21-17(3)25-13-26-19(5)23(9-11-33(39)40)31(37-26)16-32-24(10-12-34(41)42)20(6)28(38-32)15-30-22(8-2)18(4)27(36-30)14-29(21)35-25;/h1,7-8,13-16H,2,9-12H2,3-6H3,(H4,35,36,37,38,39,40,41,42);/q-1;+2/p-2. The Labute approximate surface area is 260 Å². The van der Waals surface area contributed by atoms with Gasteiger partial charge >= 0.3 is 29.0 Å². The first-order valence-corrected chi connectivity index (χ1v) is 13.7. The van der Waals surface area contributed by atoms with Crippen molar-refractivity contribution in [1.82, 2.24) is 19.9 Å². The van der Waals surface area contributed by atoms with E-state index in [0.29, 0.717) is 39.3 Å². The van der Waals surface area contributed by atoms with Gasteiger partial charge in [0.25, 0.3) is 0 Å². The second kappa shape index (κ2) is 12.4. The molecule has 43 heavy (non-hydrogen) atoms. The number of hydrogen-bond acceptors (Lipinski definition) is 4. The van der Waals surface area contributed by atoms with Gasteiger partial charge in [0.05, 0.1) is 11.4 Å².